The minimum atomic E-state index is 0.161. The first-order valence-electron chi connectivity index (χ1n) is 8.19. The van der Waals surface area contributed by atoms with Gasteiger partial charge in [-0.2, -0.15) is 0 Å². The van der Waals surface area contributed by atoms with Crippen LogP contribution in [0.25, 0.3) is 16.9 Å². The molecule has 0 amide bonds. The van der Waals surface area contributed by atoms with Crippen LogP contribution in [0.1, 0.15) is 37.6 Å². The van der Waals surface area contributed by atoms with Crippen LogP contribution < -0.4 is 5.73 Å². The molecule has 0 spiro atoms. The molecule has 3 aromatic rings. The van der Waals surface area contributed by atoms with E-state index >= 15 is 0 Å². The van der Waals surface area contributed by atoms with Crippen molar-refractivity contribution in [1.82, 2.24) is 9.38 Å². The molecule has 2 heterocycles. The summed E-state index contributed by atoms with van der Waals surface area (Å²) < 4.78 is 2.19. The van der Waals surface area contributed by atoms with Crippen molar-refractivity contribution >= 4 is 5.65 Å². The van der Waals surface area contributed by atoms with Gasteiger partial charge in [0.15, 0.2) is 0 Å². The van der Waals surface area contributed by atoms with Crippen LogP contribution in [0.2, 0.25) is 0 Å². The third kappa shape index (κ3) is 2.89. The number of fused-ring (bicyclic) bond motifs is 1. The molecule has 3 heteroatoms. The normalized spacial score (nSPS) is 12.0. The molecule has 0 aliphatic rings. The fraction of sp³-hybridized carbons (Fsp3) is 0.350. The van der Waals surface area contributed by atoms with Gasteiger partial charge < -0.3 is 5.73 Å². The summed E-state index contributed by atoms with van der Waals surface area (Å²) in [6, 6.07) is 13.0. The van der Waals surface area contributed by atoms with Crippen molar-refractivity contribution in [3.05, 3.63) is 59.4 Å². The third-order valence-corrected chi connectivity index (χ3v) is 4.32. The summed E-state index contributed by atoms with van der Waals surface area (Å²) in [5, 5.41) is 0. The molecule has 2 aromatic heterocycles. The van der Waals surface area contributed by atoms with Crippen molar-refractivity contribution in [2.75, 3.05) is 6.54 Å². The van der Waals surface area contributed by atoms with Crippen LogP contribution in [0, 0.1) is 6.92 Å². The molecule has 120 valence electrons. The predicted octanol–water partition coefficient (Wildman–Crippen LogP) is 4.11. The largest absolute Gasteiger partial charge is 0.330 e. The van der Waals surface area contributed by atoms with Gasteiger partial charge in [-0.05, 0) is 36.1 Å². The van der Waals surface area contributed by atoms with Gasteiger partial charge in [-0.15, -0.1) is 0 Å². The molecule has 1 aromatic carbocycles. The van der Waals surface area contributed by atoms with Gasteiger partial charge in [0, 0.05) is 18.2 Å². The van der Waals surface area contributed by atoms with E-state index in [1.807, 2.05) is 0 Å². The maximum Gasteiger partial charge on any atom is 0.140 e. The Kier molecular flexibility index (Phi) is 3.99. The zero-order chi connectivity index (χ0) is 16.6. The summed E-state index contributed by atoms with van der Waals surface area (Å²) in [5.74, 6) is 0. The number of aryl methyl sites for hydroxylation is 1. The van der Waals surface area contributed by atoms with Gasteiger partial charge in [0.05, 0.1) is 11.4 Å². The van der Waals surface area contributed by atoms with Crippen LogP contribution in [0.15, 0.2) is 42.6 Å². The van der Waals surface area contributed by atoms with Gasteiger partial charge in [-0.3, -0.25) is 4.40 Å². The standard InChI is InChI=1S/C20H25N3/c1-14-6-5-13-23-18(17(11-12-21)22-19(14)23)15-7-9-16(10-8-15)20(2,3)4/h5-10,13H,11-12,21H2,1-4H3. The summed E-state index contributed by atoms with van der Waals surface area (Å²) in [6.45, 7) is 9.41. The molecule has 3 rings (SSSR count). The summed E-state index contributed by atoms with van der Waals surface area (Å²) in [7, 11) is 0. The molecule has 3 nitrogen and oxygen atoms in total. The van der Waals surface area contributed by atoms with Crippen molar-refractivity contribution in [2.45, 2.75) is 39.5 Å². The Hall–Kier alpha value is -2.13. The van der Waals surface area contributed by atoms with Crippen molar-refractivity contribution < 1.29 is 0 Å². The van der Waals surface area contributed by atoms with Crippen molar-refractivity contribution in [1.29, 1.82) is 0 Å². The zero-order valence-electron chi connectivity index (χ0n) is 14.4. The molecular formula is C20H25N3. The van der Waals surface area contributed by atoms with Crippen LogP contribution in [0.3, 0.4) is 0 Å². The maximum absolute atomic E-state index is 5.80. The fourth-order valence-corrected chi connectivity index (χ4v) is 3.00. The van der Waals surface area contributed by atoms with Crippen LogP contribution in [-0.4, -0.2) is 15.9 Å². The second kappa shape index (κ2) is 5.82. The topological polar surface area (TPSA) is 43.3 Å². The van der Waals surface area contributed by atoms with Crippen LogP contribution in [0.5, 0.6) is 0 Å². The van der Waals surface area contributed by atoms with E-state index in [-0.39, 0.29) is 5.41 Å². The molecule has 0 saturated carbocycles. The molecule has 23 heavy (non-hydrogen) atoms. The minimum Gasteiger partial charge on any atom is -0.330 e. The number of aromatic nitrogens is 2. The first kappa shape index (κ1) is 15.8. The zero-order valence-corrected chi connectivity index (χ0v) is 14.4. The van der Waals surface area contributed by atoms with Crippen molar-refractivity contribution in [3.63, 3.8) is 0 Å². The molecule has 0 aliphatic carbocycles. The van der Waals surface area contributed by atoms with Crippen molar-refractivity contribution in [3.8, 4) is 11.3 Å². The number of imidazole rings is 1. The molecule has 0 saturated heterocycles. The highest BCUT2D eigenvalue weighted by Crippen LogP contribution is 2.29. The first-order chi connectivity index (χ1) is 10.9. The molecule has 2 N–H and O–H groups in total. The second-order valence-electron chi connectivity index (χ2n) is 7.16. The fourth-order valence-electron chi connectivity index (χ4n) is 3.00. The van der Waals surface area contributed by atoms with E-state index in [0.717, 1.165) is 23.5 Å². The van der Waals surface area contributed by atoms with Gasteiger partial charge in [0.2, 0.25) is 0 Å². The van der Waals surface area contributed by atoms with E-state index in [4.69, 9.17) is 10.7 Å². The van der Waals surface area contributed by atoms with Gasteiger partial charge in [0.25, 0.3) is 0 Å². The molecule has 0 fully saturated rings. The minimum absolute atomic E-state index is 0.161. The number of nitrogens with two attached hydrogens (primary N) is 1. The smallest absolute Gasteiger partial charge is 0.140 e. The Morgan fingerprint density at radius 3 is 2.39 bits per heavy atom. The van der Waals surface area contributed by atoms with Crippen LogP contribution >= 0.6 is 0 Å². The number of hydrogen-bond donors (Lipinski definition) is 1. The van der Waals surface area contributed by atoms with E-state index in [0.29, 0.717) is 6.54 Å². The monoisotopic (exact) mass is 307 g/mol. The molecular weight excluding hydrogens is 282 g/mol. The van der Waals surface area contributed by atoms with Crippen molar-refractivity contribution in [2.24, 2.45) is 5.73 Å². The number of pyridine rings is 1. The van der Waals surface area contributed by atoms with E-state index in [1.165, 1.54) is 16.7 Å². The van der Waals surface area contributed by atoms with Crippen LogP contribution in [-0.2, 0) is 11.8 Å². The van der Waals surface area contributed by atoms with E-state index in [1.54, 1.807) is 0 Å². The van der Waals surface area contributed by atoms with Gasteiger partial charge >= 0.3 is 0 Å². The average molecular weight is 307 g/mol. The number of hydrogen-bond acceptors (Lipinski definition) is 2. The lowest BCUT2D eigenvalue weighted by atomic mass is 9.86. The molecule has 0 aliphatic heterocycles. The van der Waals surface area contributed by atoms with Gasteiger partial charge in [-0.25, -0.2) is 4.98 Å². The number of nitrogens with zero attached hydrogens (tertiary/aromatic N) is 2. The molecule has 0 bridgehead atoms. The first-order valence-corrected chi connectivity index (χ1v) is 8.19. The van der Waals surface area contributed by atoms with Gasteiger partial charge in [0.1, 0.15) is 5.65 Å². The Balaban J connectivity index is 2.18. The van der Waals surface area contributed by atoms with E-state index in [2.05, 4.69) is 74.7 Å². The lowest BCUT2D eigenvalue weighted by Crippen LogP contribution is -2.10. The SMILES string of the molecule is Cc1cccn2c(-c3ccc(C(C)(C)C)cc3)c(CCN)nc12. The third-order valence-electron chi connectivity index (χ3n) is 4.32. The Morgan fingerprint density at radius 1 is 1.09 bits per heavy atom. The molecule has 0 radical (unpaired) electrons. The summed E-state index contributed by atoms with van der Waals surface area (Å²) >= 11 is 0. The Labute approximate surface area is 138 Å². The highest BCUT2D eigenvalue weighted by molar-refractivity contribution is 5.69. The second-order valence-corrected chi connectivity index (χ2v) is 7.16. The average Bonchev–Trinajstić information content (AvgIpc) is 2.87. The van der Waals surface area contributed by atoms with Gasteiger partial charge in [-0.1, -0.05) is 51.1 Å². The summed E-state index contributed by atoms with van der Waals surface area (Å²) in [4.78, 5) is 4.83. The Bertz CT molecular complexity index is 820. The Morgan fingerprint density at radius 2 is 1.78 bits per heavy atom. The quantitative estimate of drug-likeness (QED) is 0.791. The maximum atomic E-state index is 5.80. The highest BCUT2D eigenvalue weighted by Gasteiger charge is 2.17. The predicted molar refractivity (Wildman–Crippen MR) is 96.8 cm³/mol. The lowest BCUT2D eigenvalue weighted by Gasteiger charge is -2.19. The summed E-state index contributed by atoms with van der Waals surface area (Å²) in [5.41, 5.74) is 12.9. The summed E-state index contributed by atoms with van der Waals surface area (Å²) in [6.07, 6.45) is 2.87. The highest BCUT2D eigenvalue weighted by atomic mass is 15.0. The van der Waals surface area contributed by atoms with E-state index < -0.39 is 0 Å². The number of benzene rings is 1. The lowest BCUT2D eigenvalue weighted by molar-refractivity contribution is 0.590. The van der Waals surface area contributed by atoms with E-state index in [9.17, 15) is 0 Å². The molecule has 0 atom stereocenters. The van der Waals surface area contributed by atoms with Crippen LogP contribution in [0.4, 0.5) is 0 Å². The number of rotatable bonds is 3. The molecule has 0 unspecified atom stereocenters.